The summed E-state index contributed by atoms with van der Waals surface area (Å²) in [5.74, 6) is 0.116. The Balaban J connectivity index is 1.82. The maximum atomic E-state index is 13.1. The average molecular weight is 353 g/mol. The number of ketones is 1. The number of nitrogens with one attached hydrogen (secondary N) is 1. The highest BCUT2D eigenvalue weighted by atomic mass is 16.2. The molecule has 0 radical (unpaired) electrons. The number of aryl methyl sites for hydroxylation is 1. The van der Waals surface area contributed by atoms with Crippen LogP contribution < -0.4 is 4.90 Å². The summed E-state index contributed by atoms with van der Waals surface area (Å²) < 4.78 is 0. The first kappa shape index (κ1) is 18.2. The molecular formula is C21H27N3O2. The van der Waals surface area contributed by atoms with Crippen molar-refractivity contribution < 1.29 is 9.59 Å². The average Bonchev–Trinajstić information content (AvgIpc) is 2.97. The summed E-state index contributed by atoms with van der Waals surface area (Å²) >= 11 is 0. The summed E-state index contributed by atoms with van der Waals surface area (Å²) in [5.41, 5.74) is 5.26. The molecule has 5 nitrogen and oxygen atoms in total. The third kappa shape index (κ3) is 3.39. The number of carbonyl (C=O) groups is 2. The number of aromatic nitrogens is 1. The van der Waals surface area contributed by atoms with E-state index in [2.05, 4.69) is 34.1 Å². The molecule has 5 heteroatoms. The number of rotatable bonds is 5. The number of H-pyrrole nitrogens is 1. The molecule has 1 aromatic carbocycles. The highest BCUT2D eigenvalue weighted by Gasteiger charge is 2.28. The zero-order valence-electron chi connectivity index (χ0n) is 16.1. The normalized spacial score (nSPS) is 13.5. The van der Waals surface area contributed by atoms with Crippen LogP contribution in [0.15, 0.2) is 24.3 Å². The van der Waals surface area contributed by atoms with Crippen LogP contribution in [0.2, 0.25) is 0 Å². The quantitative estimate of drug-likeness (QED) is 0.894. The van der Waals surface area contributed by atoms with Gasteiger partial charge in [0.1, 0.15) is 5.69 Å². The molecule has 1 aliphatic rings. The van der Waals surface area contributed by atoms with Gasteiger partial charge in [-0.1, -0.05) is 12.1 Å². The molecular weight excluding hydrogens is 326 g/mol. The first-order valence-electron chi connectivity index (χ1n) is 9.22. The third-order valence-electron chi connectivity index (χ3n) is 5.15. The fourth-order valence-corrected chi connectivity index (χ4v) is 3.59. The Kier molecular flexibility index (Phi) is 5.16. The molecule has 0 unspecified atom stereocenters. The molecule has 1 N–H and O–H groups in total. The summed E-state index contributed by atoms with van der Waals surface area (Å²) in [6, 6.07) is 8.23. The molecule has 0 atom stereocenters. The number of benzene rings is 1. The predicted octanol–water partition coefficient (Wildman–Crippen LogP) is 3.57. The molecule has 0 bridgehead atoms. The van der Waals surface area contributed by atoms with Crippen LogP contribution in [0, 0.1) is 6.92 Å². The molecule has 0 fully saturated rings. The van der Waals surface area contributed by atoms with E-state index in [0.717, 1.165) is 40.9 Å². The van der Waals surface area contributed by atoms with Gasteiger partial charge in [0, 0.05) is 50.6 Å². The first-order valence-corrected chi connectivity index (χ1v) is 9.22. The molecule has 26 heavy (non-hydrogen) atoms. The fourth-order valence-electron chi connectivity index (χ4n) is 3.59. The third-order valence-corrected chi connectivity index (χ3v) is 5.15. The van der Waals surface area contributed by atoms with Crippen LogP contribution in [0.25, 0.3) is 0 Å². The molecule has 0 saturated carbocycles. The van der Waals surface area contributed by atoms with Crippen molar-refractivity contribution in [3.8, 4) is 0 Å². The summed E-state index contributed by atoms with van der Waals surface area (Å²) in [6.07, 6.45) is 2.28. The molecule has 0 aliphatic heterocycles. The van der Waals surface area contributed by atoms with Gasteiger partial charge in [-0.3, -0.25) is 9.59 Å². The van der Waals surface area contributed by atoms with Crippen LogP contribution in [-0.4, -0.2) is 42.2 Å². The summed E-state index contributed by atoms with van der Waals surface area (Å²) in [6.45, 7) is 5.03. The standard InChI is InChI=1S/C21H27N3O2/c1-5-24(13-15-9-11-16(12-10-15)23(3)4)21(26)20-14(2)19-17(22-20)7-6-8-18(19)25/h9-12,22H,5-8,13H2,1-4H3. The van der Waals surface area contributed by atoms with Gasteiger partial charge in [-0.05, 0) is 49.9 Å². The number of carbonyl (C=O) groups excluding carboxylic acids is 2. The van der Waals surface area contributed by atoms with E-state index in [1.54, 1.807) is 0 Å². The van der Waals surface area contributed by atoms with Crippen LogP contribution in [0.4, 0.5) is 5.69 Å². The van der Waals surface area contributed by atoms with Gasteiger partial charge in [-0.25, -0.2) is 0 Å². The molecule has 0 saturated heterocycles. The number of hydrogen-bond acceptors (Lipinski definition) is 3. The van der Waals surface area contributed by atoms with E-state index < -0.39 is 0 Å². The van der Waals surface area contributed by atoms with E-state index in [1.807, 2.05) is 32.8 Å². The summed E-state index contributed by atoms with van der Waals surface area (Å²) in [4.78, 5) is 32.4. The van der Waals surface area contributed by atoms with Gasteiger partial charge in [-0.2, -0.15) is 0 Å². The number of amides is 1. The SMILES string of the molecule is CCN(Cc1ccc(N(C)C)cc1)C(=O)c1[nH]c2c(c1C)C(=O)CCC2. The Labute approximate surface area is 155 Å². The summed E-state index contributed by atoms with van der Waals surface area (Å²) in [5, 5.41) is 0. The van der Waals surface area contributed by atoms with Crippen molar-refractivity contribution >= 4 is 17.4 Å². The van der Waals surface area contributed by atoms with Gasteiger partial charge in [0.25, 0.3) is 5.91 Å². The van der Waals surface area contributed by atoms with Crippen molar-refractivity contribution in [1.82, 2.24) is 9.88 Å². The van der Waals surface area contributed by atoms with Crippen LogP contribution in [0.3, 0.4) is 0 Å². The first-order chi connectivity index (χ1) is 12.4. The highest BCUT2D eigenvalue weighted by Crippen LogP contribution is 2.27. The lowest BCUT2D eigenvalue weighted by atomic mass is 9.93. The molecule has 0 spiro atoms. The van der Waals surface area contributed by atoms with E-state index >= 15 is 0 Å². The highest BCUT2D eigenvalue weighted by molar-refractivity contribution is 6.04. The molecule has 2 aromatic rings. The second-order valence-corrected chi connectivity index (χ2v) is 7.14. The van der Waals surface area contributed by atoms with E-state index in [-0.39, 0.29) is 11.7 Å². The number of anilines is 1. The van der Waals surface area contributed by atoms with Gasteiger partial charge in [-0.15, -0.1) is 0 Å². The largest absolute Gasteiger partial charge is 0.378 e. The van der Waals surface area contributed by atoms with Crippen molar-refractivity contribution in [1.29, 1.82) is 0 Å². The Morgan fingerprint density at radius 3 is 2.42 bits per heavy atom. The molecule has 1 aromatic heterocycles. The van der Waals surface area contributed by atoms with E-state index in [0.29, 0.717) is 25.2 Å². The van der Waals surface area contributed by atoms with Crippen LogP contribution in [-0.2, 0) is 13.0 Å². The topological polar surface area (TPSA) is 56.4 Å². The number of fused-ring (bicyclic) bond motifs is 1. The fraction of sp³-hybridized carbons (Fsp3) is 0.429. The summed E-state index contributed by atoms with van der Waals surface area (Å²) in [7, 11) is 4.02. The zero-order chi connectivity index (χ0) is 18.8. The van der Waals surface area contributed by atoms with Gasteiger partial charge in [0.15, 0.2) is 5.78 Å². The smallest absolute Gasteiger partial charge is 0.270 e. The maximum absolute atomic E-state index is 13.1. The van der Waals surface area contributed by atoms with E-state index in [4.69, 9.17) is 0 Å². The predicted molar refractivity (Wildman–Crippen MR) is 104 cm³/mol. The second-order valence-electron chi connectivity index (χ2n) is 7.14. The van der Waals surface area contributed by atoms with Crippen molar-refractivity contribution in [2.45, 2.75) is 39.7 Å². The second kappa shape index (κ2) is 7.36. The minimum Gasteiger partial charge on any atom is -0.378 e. The lowest BCUT2D eigenvalue weighted by molar-refractivity contribution is 0.0746. The Morgan fingerprint density at radius 1 is 1.15 bits per heavy atom. The van der Waals surface area contributed by atoms with Crippen molar-refractivity contribution in [2.24, 2.45) is 0 Å². The number of Topliss-reactive ketones (excluding diaryl/α,β-unsaturated/α-hetero) is 1. The Bertz CT molecular complexity index is 819. The molecule has 3 rings (SSSR count). The molecule has 1 aliphatic carbocycles. The minimum absolute atomic E-state index is 0.0381. The Morgan fingerprint density at radius 2 is 1.85 bits per heavy atom. The maximum Gasteiger partial charge on any atom is 0.270 e. The Hall–Kier alpha value is -2.56. The van der Waals surface area contributed by atoms with Crippen molar-refractivity contribution in [2.75, 3.05) is 25.5 Å². The van der Waals surface area contributed by atoms with E-state index in [9.17, 15) is 9.59 Å². The number of nitrogens with zero attached hydrogens (tertiary/aromatic N) is 2. The molecule has 1 amide bonds. The lowest BCUT2D eigenvalue weighted by Crippen LogP contribution is -2.31. The van der Waals surface area contributed by atoms with Gasteiger partial charge in [0.05, 0.1) is 0 Å². The van der Waals surface area contributed by atoms with Crippen LogP contribution in [0.1, 0.15) is 57.4 Å². The minimum atomic E-state index is -0.0381. The lowest BCUT2D eigenvalue weighted by Gasteiger charge is -2.21. The van der Waals surface area contributed by atoms with Crippen molar-refractivity contribution in [3.63, 3.8) is 0 Å². The molecule has 138 valence electrons. The van der Waals surface area contributed by atoms with Crippen molar-refractivity contribution in [3.05, 3.63) is 52.3 Å². The zero-order valence-corrected chi connectivity index (χ0v) is 16.1. The number of hydrogen-bond donors (Lipinski definition) is 1. The van der Waals surface area contributed by atoms with Crippen LogP contribution in [0.5, 0.6) is 0 Å². The van der Waals surface area contributed by atoms with E-state index in [1.165, 1.54) is 0 Å². The molecule has 1 heterocycles. The van der Waals surface area contributed by atoms with Gasteiger partial charge in [0.2, 0.25) is 0 Å². The number of aromatic amines is 1. The van der Waals surface area contributed by atoms with Crippen LogP contribution >= 0.6 is 0 Å². The van der Waals surface area contributed by atoms with Gasteiger partial charge >= 0.3 is 0 Å². The van der Waals surface area contributed by atoms with Gasteiger partial charge < -0.3 is 14.8 Å². The monoisotopic (exact) mass is 353 g/mol.